The van der Waals surface area contributed by atoms with Gasteiger partial charge in [0, 0.05) is 37.4 Å². The summed E-state index contributed by atoms with van der Waals surface area (Å²) < 4.78 is 5.49. The highest BCUT2D eigenvalue weighted by Gasteiger charge is 2.01. The first-order chi connectivity index (χ1) is 9.27. The van der Waals surface area contributed by atoms with Crippen LogP contribution in [0.5, 0.6) is 0 Å². The molecule has 0 amide bonds. The van der Waals surface area contributed by atoms with Crippen LogP contribution in [0.15, 0.2) is 24.3 Å². The minimum absolute atomic E-state index is 0.191. The molecule has 0 saturated carbocycles. The highest BCUT2D eigenvalue weighted by atomic mass is 16.5. The Hall–Kier alpha value is -1.35. The number of unbranched alkanes of at least 4 members (excludes halogenated alkanes) is 1. The molecule has 0 radical (unpaired) electrons. The lowest BCUT2D eigenvalue weighted by molar-refractivity contribution is 0.0988. The summed E-state index contributed by atoms with van der Waals surface area (Å²) >= 11 is 0. The van der Waals surface area contributed by atoms with E-state index >= 15 is 0 Å². The molecule has 0 heterocycles. The van der Waals surface area contributed by atoms with Crippen LogP contribution in [-0.2, 0) is 4.74 Å². The Morgan fingerprint density at radius 3 is 2.42 bits per heavy atom. The highest BCUT2D eigenvalue weighted by molar-refractivity contribution is 5.96. The van der Waals surface area contributed by atoms with Crippen molar-refractivity contribution >= 4 is 11.5 Å². The summed E-state index contributed by atoms with van der Waals surface area (Å²) in [6.45, 7) is 6.61. The van der Waals surface area contributed by atoms with Crippen molar-refractivity contribution in [1.82, 2.24) is 0 Å². The Bertz CT molecular complexity index is 360. The standard InChI is InChI=1S/C16H25NO2/c1-3-5-12-19-13-6-11-17-15-9-7-14(8-10-15)16(18)4-2/h7-10,17H,3-6,11-13H2,1-2H3. The van der Waals surface area contributed by atoms with Gasteiger partial charge in [-0.25, -0.2) is 0 Å². The van der Waals surface area contributed by atoms with E-state index in [9.17, 15) is 4.79 Å². The molecule has 1 rings (SSSR count). The lowest BCUT2D eigenvalue weighted by Gasteiger charge is -2.07. The zero-order chi connectivity index (χ0) is 13.9. The van der Waals surface area contributed by atoms with Crippen LogP contribution in [0.2, 0.25) is 0 Å². The third kappa shape index (κ3) is 6.39. The molecule has 0 spiro atoms. The first-order valence-corrected chi connectivity index (χ1v) is 7.22. The van der Waals surface area contributed by atoms with Gasteiger partial charge in [0.15, 0.2) is 5.78 Å². The molecule has 0 aliphatic rings. The Morgan fingerprint density at radius 1 is 1.11 bits per heavy atom. The van der Waals surface area contributed by atoms with E-state index in [-0.39, 0.29) is 5.78 Å². The van der Waals surface area contributed by atoms with Gasteiger partial charge in [-0.05, 0) is 37.1 Å². The van der Waals surface area contributed by atoms with Gasteiger partial charge in [-0.1, -0.05) is 20.3 Å². The molecule has 0 aromatic heterocycles. The van der Waals surface area contributed by atoms with Crippen LogP contribution in [0.1, 0.15) is 49.9 Å². The fourth-order valence-electron chi connectivity index (χ4n) is 1.73. The van der Waals surface area contributed by atoms with Gasteiger partial charge >= 0.3 is 0 Å². The Labute approximate surface area is 116 Å². The van der Waals surface area contributed by atoms with E-state index in [1.165, 1.54) is 6.42 Å². The van der Waals surface area contributed by atoms with Crippen molar-refractivity contribution in [1.29, 1.82) is 0 Å². The molecule has 3 nitrogen and oxygen atoms in total. The molecule has 1 aromatic rings. The monoisotopic (exact) mass is 263 g/mol. The van der Waals surface area contributed by atoms with Gasteiger partial charge in [0.1, 0.15) is 0 Å². The lowest BCUT2D eigenvalue weighted by Crippen LogP contribution is -2.06. The summed E-state index contributed by atoms with van der Waals surface area (Å²) in [5.74, 6) is 0.191. The minimum Gasteiger partial charge on any atom is -0.385 e. The number of Topliss-reactive ketones (excluding diaryl/α,β-unsaturated/α-hetero) is 1. The van der Waals surface area contributed by atoms with E-state index < -0.39 is 0 Å². The van der Waals surface area contributed by atoms with Gasteiger partial charge in [0.25, 0.3) is 0 Å². The third-order valence-electron chi connectivity index (χ3n) is 2.96. The van der Waals surface area contributed by atoms with Crippen LogP contribution in [0.4, 0.5) is 5.69 Å². The van der Waals surface area contributed by atoms with Crippen molar-refractivity contribution in [2.75, 3.05) is 25.1 Å². The van der Waals surface area contributed by atoms with Crippen molar-refractivity contribution < 1.29 is 9.53 Å². The Kier molecular flexibility index (Phi) is 7.91. The van der Waals surface area contributed by atoms with Gasteiger partial charge in [-0.15, -0.1) is 0 Å². The zero-order valence-electron chi connectivity index (χ0n) is 12.1. The number of ketones is 1. The number of hydrogen-bond acceptors (Lipinski definition) is 3. The predicted octanol–water partition coefficient (Wildman–Crippen LogP) is 3.90. The maximum Gasteiger partial charge on any atom is 0.162 e. The lowest BCUT2D eigenvalue weighted by atomic mass is 10.1. The first-order valence-electron chi connectivity index (χ1n) is 7.22. The SMILES string of the molecule is CCCCOCCCNc1ccc(C(=O)CC)cc1. The maximum atomic E-state index is 11.5. The Balaban J connectivity index is 2.18. The van der Waals surface area contributed by atoms with Gasteiger partial charge in [0.2, 0.25) is 0 Å². The summed E-state index contributed by atoms with van der Waals surface area (Å²) in [5, 5.41) is 3.33. The molecule has 106 valence electrons. The van der Waals surface area contributed by atoms with Crippen LogP contribution < -0.4 is 5.32 Å². The third-order valence-corrected chi connectivity index (χ3v) is 2.96. The molecule has 0 aliphatic heterocycles. The van der Waals surface area contributed by atoms with Crippen LogP contribution in [0.3, 0.4) is 0 Å². The fraction of sp³-hybridized carbons (Fsp3) is 0.562. The zero-order valence-corrected chi connectivity index (χ0v) is 12.1. The molecule has 3 heteroatoms. The number of hydrogen-bond donors (Lipinski definition) is 1. The number of rotatable bonds is 10. The van der Waals surface area contributed by atoms with E-state index in [4.69, 9.17) is 4.74 Å². The van der Waals surface area contributed by atoms with Crippen LogP contribution in [-0.4, -0.2) is 25.5 Å². The van der Waals surface area contributed by atoms with E-state index in [0.717, 1.165) is 43.9 Å². The number of anilines is 1. The number of nitrogens with one attached hydrogen (secondary N) is 1. The molecule has 0 fully saturated rings. The van der Waals surface area contributed by atoms with Gasteiger partial charge in [-0.2, -0.15) is 0 Å². The number of carbonyl (C=O) groups is 1. The quantitative estimate of drug-likeness (QED) is 0.514. The van der Waals surface area contributed by atoms with E-state index in [1.807, 2.05) is 31.2 Å². The summed E-state index contributed by atoms with van der Waals surface area (Å²) in [5.41, 5.74) is 1.84. The number of carbonyl (C=O) groups excluding carboxylic acids is 1. The first kappa shape index (κ1) is 15.7. The molecule has 1 aromatic carbocycles. The molecule has 1 N–H and O–H groups in total. The smallest absolute Gasteiger partial charge is 0.162 e. The normalized spacial score (nSPS) is 10.4. The van der Waals surface area contributed by atoms with E-state index in [1.54, 1.807) is 0 Å². The maximum absolute atomic E-state index is 11.5. The summed E-state index contributed by atoms with van der Waals surface area (Å²) in [6.07, 6.45) is 3.88. The van der Waals surface area contributed by atoms with Crippen molar-refractivity contribution in [3.05, 3.63) is 29.8 Å². The minimum atomic E-state index is 0.191. The molecule has 0 atom stereocenters. The van der Waals surface area contributed by atoms with Gasteiger partial charge in [0.05, 0.1) is 0 Å². The highest BCUT2D eigenvalue weighted by Crippen LogP contribution is 2.11. The van der Waals surface area contributed by atoms with Gasteiger partial charge in [-0.3, -0.25) is 4.79 Å². The molecule has 0 saturated heterocycles. The molecule has 19 heavy (non-hydrogen) atoms. The Morgan fingerprint density at radius 2 is 1.79 bits per heavy atom. The molecule has 0 unspecified atom stereocenters. The average molecular weight is 263 g/mol. The second-order valence-electron chi connectivity index (χ2n) is 4.60. The summed E-state index contributed by atoms with van der Waals surface area (Å²) in [4.78, 5) is 11.5. The topological polar surface area (TPSA) is 38.3 Å². The van der Waals surface area contributed by atoms with Crippen LogP contribution in [0.25, 0.3) is 0 Å². The predicted molar refractivity (Wildman–Crippen MR) is 79.9 cm³/mol. The van der Waals surface area contributed by atoms with E-state index in [2.05, 4.69) is 12.2 Å². The second kappa shape index (κ2) is 9.56. The van der Waals surface area contributed by atoms with Gasteiger partial charge < -0.3 is 10.1 Å². The summed E-state index contributed by atoms with van der Waals surface area (Å²) in [6, 6.07) is 7.68. The van der Waals surface area contributed by atoms with Crippen LogP contribution >= 0.6 is 0 Å². The molecule has 0 bridgehead atoms. The number of ether oxygens (including phenoxy) is 1. The second-order valence-corrected chi connectivity index (χ2v) is 4.60. The number of benzene rings is 1. The molecular weight excluding hydrogens is 238 g/mol. The molecule has 0 aliphatic carbocycles. The fourth-order valence-corrected chi connectivity index (χ4v) is 1.73. The average Bonchev–Trinajstić information content (AvgIpc) is 2.46. The van der Waals surface area contributed by atoms with Crippen molar-refractivity contribution in [2.45, 2.75) is 39.5 Å². The van der Waals surface area contributed by atoms with Crippen LogP contribution in [0, 0.1) is 0 Å². The summed E-state index contributed by atoms with van der Waals surface area (Å²) in [7, 11) is 0. The van der Waals surface area contributed by atoms with E-state index in [0.29, 0.717) is 6.42 Å². The van der Waals surface area contributed by atoms with Crippen molar-refractivity contribution in [3.63, 3.8) is 0 Å². The van der Waals surface area contributed by atoms with Crippen molar-refractivity contribution in [3.8, 4) is 0 Å². The largest absolute Gasteiger partial charge is 0.385 e. The molecular formula is C16H25NO2. The van der Waals surface area contributed by atoms with Crippen molar-refractivity contribution in [2.24, 2.45) is 0 Å².